The number of morpholine rings is 1. The Morgan fingerprint density at radius 2 is 2.18 bits per heavy atom. The molecule has 5 rings (SSSR count). The van der Waals surface area contributed by atoms with Crippen LogP contribution in [0.2, 0.25) is 0 Å². The highest BCUT2D eigenvalue weighted by atomic mass is 32.1. The summed E-state index contributed by atoms with van der Waals surface area (Å²) >= 11 is 1.77. The smallest absolute Gasteiger partial charge is 0.240 e. The lowest BCUT2D eigenvalue weighted by Gasteiger charge is -2.25. The largest absolute Gasteiger partial charge is 0.379 e. The van der Waals surface area contributed by atoms with Crippen LogP contribution in [0, 0.1) is 17.2 Å². The fourth-order valence-corrected chi connectivity index (χ4v) is 5.43. The van der Waals surface area contributed by atoms with Gasteiger partial charge in [0.2, 0.25) is 5.82 Å². The van der Waals surface area contributed by atoms with Crippen molar-refractivity contribution in [3.8, 4) is 11.9 Å². The van der Waals surface area contributed by atoms with Crippen molar-refractivity contribution in [2.75, 3.05) is 26.3 Å². The molecular weight excluding hydrogens is 374 g/mol. The molecule has 9 heteroatoms. The lowest BCUT2D eigenvalue weighted by atomic mass is 9.89. The lowest BCUT2D eigenvalue weighted by molar-refractivity contribution is 0.0331. The molecule has 3 aromatic heterocycles. The summed E-state index contributed by atoms with van der Waals surface area (Å²) < 4.78 is 7.15. The maximum Gasteiger partial charge on any atom is 0.240 e. The number of hydrogen-bond donors (Lipinski definition) is 0. The number of aromatic nitrogens is 5. The summed E-state index contributed by atoms with van der Waals surface area (Å²) in [6, 6.07) is 2.12. The Morgan fingerprint density at radius 3 is 3.00 bits per heavy atom. The number of aryl methyl sites for hydroxylation is 1. The SMILES string of the molecule is C[C@H]1CCc2c(sc3nc(CN4CCOCC4)nc(-n4cnnc4C#N)c23)C1. The van der Waals surface area contributed by atoms with Crippen LogP contribution >= 0.6 is 11.3 Å². The van der Waals surface area contributed by atoms with Gasteiger partial charge in [0.1, 0.15) is 23.1 Å². The standard InChI is InChI=1S/C19H21N7OS/c1-12-2-3-13-14(8-12)28-19-17(13)18(26-11-21-24-16(26)9-20)22-15(23-19)10-25-4-6-27-7-5-25/h11-12H,2-8,10H2,1H3/t12-/m0/s1. The fraction of sp³-hybridized carbons (Fsp3) is 0.526. The minimum Gasteiger partial charge on any atom is -0.379 e. The Hall–Kier alpha value is -2.41. The van der Waals surface area contributed by atoms with E-state index < -0.39 is 0 Å². The van der Waals surface area contributed by atoms with Gasteiger partial charge in [-0.25, -0.2) is 9.97 Å². The van der Waals surface area contributed by atoms with Crippen LogP contribution in [0.1, 0.15) is 35.4 Å². The van der Waals surface area contributed by atoms with E-state index in [0.717, 1.165) is 61.0 Å². The fourth-order valence-electron chi connectivity index (χ4n) is 4.04. The van der Waals surface area contributed by atoms with Crippen molar-refractivity contribution < 1.29 is 4.74 Å². The van der Waals surface area contributed by atoms with Crippen LogP contribution in [0.3, 0.4) is 0 Å². The first kappa shape index (κ1) is 17.7. The van der Waals surface area contributed by atoms with Crippen molar-refractivity contribution in [3.63, 3.8) is 0 Å². The van der Waals surface area contributed by atoms with Gasteiger partial charge >= 0.3 is 0 Å². The average Bonchev–Trinajstić information content (AvgIpc) is 3.31. The molecular formula is C19H21N7OS. The molecule has 1 saturated heterocycles. The topological polar surface area (TPSA) is 92.8 Å². The van der Waals surface area contributed by atoms with Gasteiger partial charge in [0, 0.05) is 18.0 Å². The highest BCUT2D eigenvalue weighted by Crippen LogP contribution is 2.39. The summed E-state index contributed by atoms with van der Waals surface area (Å²) in [5, 5.41) is 18.4. The Kier molecular flexibility index (Phi) is 4.55. The molecule has 1 atom stereocenters. The van der Waals surface area contributed by atoms with Gasteiger partial charge < -0.3 is 4.74 Å². The summed E-state index contributed by atoms with van der Waals surface area (Å²) in [4.78, 5) is 14.5. The van der Waals surface area contributed by atoms with E-state index in [1.54, 1.807) is 22.2 Å². The predicted molar refractivity (Wildman–Crippen MR) is 104 cm³/mol. The minimum atomic E-state index is 0.251. The third kappa shape index (κ3) is 3.07. The first-order valence-electron chi connectivity index (χ1n) is 9.64. The van der Waals surface area contributed by atoms with Crippen molar-refractivity contribution in [1.82, 2.24) is 29.6 Å². The van der Waals surface area contributed by atoms with Gasteiger partial charge in [-0.15, -0.1) is 21.5 Å². The van der Waals surface area contributed by atoms with Crippen molar-refractivity contribution >= 4 is 21.6 Å². The Bertz CT molecular complexity index is 1060. The van der Waals surface area contributed by atoms with E-state index in [1.165, 1.54) is 16.9 Å². The first-order chi connectivity index (χ1) is 13.7. The van der Waals surface area contributed by atoms with Crippen LogP contribution in [0.15, 0.2) is 6.33 Å². The summed E-state index contributed by atoms with van der Waals surface area (Å²) in [6.07, 6.45) is 4.86. The van der Waals surface area contributed by atoms with Gasteiger partial charge in [-0.3, -0.25) is 9.47 Å². The van der Waals surface area contributed by atoms with Gasteiger partial charge in [0.05, 0.1) is 25.1 Å². The molecule has 4 heterocycles. The van der Waals surface area contributed by atoms with Crippen LogP contribution in [0.5, 0.6) is 0 Å². The van der Waals surface area contributed by atoms with Crippen LogP contribution < -0.4 is 0 Å². The van der Waals surface area contributed by atoms with Gasteiger partial charge in [0.15, 0.2) is 5.82 Å². The van der Waals surface area contributed by atoms with E-state index >= 15 is 0 Å². The van der Waals surface area contributed by atoms with Gasteiger partial charge in [-0.1, -0.05) is 6.92 Å². The van der Waals surface area contributed by atoms with Gasteiger partial charge in [-0.2, -0.15) is 5.26 Å². The second-order valence-electron chi connectivity index (χ2n) is 7.52. The highest BCUT2D eigenvalue weighted by molar-refractivity contribution is 7.18. The number of thiophene rings is 1. The van der Waals surface area contributed by atoms with Crippen molar-refractivity contribution in [1.29, 1.82) is 5.26 Å². The monoisotopic (exact) mass is 395 g/mol. The number of ether oxygens (including phenoxy) is 1. The number of nitriles is 1. The van der Waals surface area contributed by atoms with Crippen LogP contribution in [-0.2, 0) is 24.1 Å². The third-order valence-electron chi connectivity index (χ3n) is 5.53. The van der Waals surface area contributed by atoms with Crippen molar-refractivity contribution in [2.45, 2.75) is 32.7 Å². The zero-order chi connectivity index (χ0) is 19.1. The van der Waals surface area contributed by atoms with E-state index in [0.29, 0.717) is 12.5 Å². The predicted octanol–water partition coefficient (Wildman–Crippen LogP) is 2.10. The first-order valence-corrected chi connectivity index (χ1v) is 10.5. The Labute approximate surface area is 166 Å². The normalized spacial score (nSPS) is 20.2. The maximum atomic E-state index is 9.46. The number of rotatable bonds is 3. The molecule has 1 aliphatic heterocycles. The van der Waals surface area contributed by atoms with Crippen molar-refractivity contribution in [3.05, 3.63) is 28.4 Å². The van der Waals surface area contributed by atoms with Crippen LogP contribution in [-0.4, -0.2) is 55.9 Å². The van der Waals surface area contributed by atoms with E-state index in [9.17, 15) is 5.26 Å². The molecule has 8 nitrogen and oxygen atoms in total. The van der Waals surface area contributed by atoms with Crippen molar-refractivity contribution in [2.24, 2.45) is 5.92 Å². The summed E-state index contributed by atoms with van der Waals surface area (Å²) in [5.74, 6) is 2.45. The number of fused-ring (bicyclic) bond motifs is 3. The van der Waals surface area contributed by atoms with Gasteiger partial charge in [0.25, 0.3) is 0 Å². The third-order valence-corrected chi connectivity index (χ3v) is 6.68. The average molecular weight is 395 g/mol. The number of hydrogen-bond acceptors (Lipinski definition) is 8. The van der Waals surface area contributed by atoms with E-state index in [4.69, 9.17) is 14.7 Å². The molecule has 0 N–H and O–H groups in total. The zero-order valence-corrected chi connectivity index (χ0v) is 16.6. The molecule has 3 aromatic rings. The van der Waals surface area contributed by atoms with Crippen LogP contribution in [0.25, 0.3) is 16.0 Å². The molecule has 1 fully saturated rings. The molecule has 28 heavy (non-hydrogen) atoms. The maximum absolute atomic E-state index is 9.46. The molecule has 0 spiro atoms. The molecule has 0 amide bonds. The molecule has 0 bridgehead atoms. The molecule has 0 aromatic carbocycles. The summed E-state index contributed by atoms with van der Waals surface area (Å²) in [5.41, 5.74) is 1.34. The van der Waals surface area contributed by atoms with E-state index in [-0.39, 0.29) is 5.82 Å². The molecule has 1 aliphatic carbocycles. The Morgan fingerprint density at radius 1 is 1.32 bits per heavy atom. The second-order valence-corrected chi connectivity index (χ2v) is 8.60. The summed E-state index contributed by atoms with van der Waals surface area (Å²) in [7, 11) is 0. The summed E-state index contributed by atoms with van der Waals surface area (Å²) in [6.45, 7) is 6.22. The second kappa shape index (κ2) is 7.20. The molecule has 144 valence electrons. The van der Waals surface area contributed by atoms with E-state index in [2.05, 4.69) is 28.1 Å². The van der Waals surface area contributed by atoms with Gasteiger partial charge in [-0.05, 0) is 30.7 Å². The highest BCUT2D eigenvalue weighted by Gasteiger charge is 2.26. The molecule has 0 unspecified atom stereocenters. The molecule has 0 saturated carbocycles. The molecule has 0 radical (unpaired) electrons. The quantitative estimate of drug-likeness (QED) is 0.670. The zero-order valence-electron chi connectivity index (χ0n) is 15.8. The number of nitrogens with zero attached hydrogens (tertiary/aromatic N) is 7. The minimum absolute atomic E-state index is 0.251. The Balaban J connectivity index is 1.66. The van der Waals surface area contributed by atoms with E-state index in [1.807, 2.05) is 0 Å². The van der Waals surface area contributed by atoms with Crippen LogP contribution in [0.4, 0.5) is 0 Å². The molecule has 2 aliphatic rings. The lowest BCUT2D eigenvalue weighted by Crippen LogP contribution is -2.36.